The van der Waals surface area contributed by atoms with Gasteiger partial charge in [0.2, 0.25) is 10.0 Å². The molecular formula is C17H26N2O3S. The van der Waals surface area contributed by atoms with Crippen molar-refractivity contribution in [1.29, 1.82) is 0 Å². The van der Waals surface area contributed by atoms with Crippen LogP contribution in [0, 0.1) is 5.92 Å². The van der Waals surface area contributed by atoms with Gasteiger partial charge in [-0.2, -0.15) is 0 Å². The van der Waals surface area contributed by atoms with Crippen LogP contribution in [0.2, 0.25) is 0 Å². The highest BCUT2D eigenvalue weighted by atomic mass is 32.2. The predicted molar refractivity (Wildman–Crippen MR) is 95.3 cm³/mol. The molecule has 1 aliphatic heterocycles. The van der Waals surface area contributed by atoms with Gasteiger partial charge in [-0.15, -0.1) is 0 Å². The normalized spacial score (nSPS) is 14.9. The van der Waals surface area contributed by atoms with Gasteiger partial charge in [0, 0.05) is 24.9 Å². The molecule has 1 heterocycles. The number of rotatable bonds is 7. The highest BCUT2D eigenvalue weighted by Gasteiger charge is 2.20. The predicted octanol–water partition coefficient (Wildman–Crippen LogP) is 2.89. The standard InChI is InChI=1S/C17H26N2O3S/c1-13(2)11-15-16(19(3)23(4,20)21)8-5-9-17(15)22-12-14-7-6-10-18-14/h5,8-9,13H,6-7,10-12H2,1-4H3. The van der Waals surface area contributed by atoms with Gasteiger partial charge in [0.1, 0.15) is 12.4 Å². The van der Waals surface area contributed by atoms with E-state index in [9.17, 15) is 8.42 Å². The lowest BCUT2D eigenvalue weighted by Crippen LogP contribution is -2.26. The summed E-state index contributed by atoms with van der Waals surface area (Å²) in [5, 5.41) is 0. The lowest BCUT2D eigenvalue weighted by Gasteiger charge is -2.23. The zero-order valence-electron chi connectivity index (χ0n) is 14.4. The molecule has 0 bridgehead atoms. The van der Waals surface area contributed by atoms with Gasteiger partial charge < -0.3 is 4.74 Å². The molecule has 0 fully saturated rings. The molecule has 1 aromatic rings. The number of anilines is 1. The van der Waals surface area contributed by atoms with E-state index in [1.165, 1.54) is 10.6 Å². The summed E-state index contributed by atoms with van der Waals surface area (Å²) in [6.45, 7) is 5.59. The van der Waals surface area contributed by atoms with E-state index in [2.05, 4.69) is 18.8 Å². The molecule has 0 aromatic heterocycles. The van der Waals surface area contributed by atoms with E-state index >= 15 is 0 Å². The van der Waals surface area contributed by atoms with E-state index in [-0.39, 0.29) is 0 Å². The van der Waals surface area contributed by atoms with Gasteiger partial charge in [-0.25, -0.2) is 8.42 Å². The van der Waals surface area contributed by atoms with Gasteiger partial charge in [-0.1, -0.05) is 19.9 Å². The van der Waals surface area contributed by atoms with Crippen molar-refractivity contribution in [3.05, 3.63) is 23.8 Å². The number of benzene rings is 1. The Hall–Kier alpha value is -1.56. The molecule has 1 aromatic carbocycles. The number of ether oxygens (including phenoxy) is 1. The molecule has 0 saturated heterocycles. The molecule has 6 heteroatoms. The Morgan fingerprint density at radius 3 is 2.65 bits per heavy atom. The van der Waals surface area contributed by atoms with Crippen molar-refractivity contribution < 1.29 is 13.2 Å². The van der Waals surface area contributed by atoms with Crippen LogP contribution in [0.3, 0.4) is 0 Å². The third kappa shape index (κ3) is 4.70. The minimum Gasteiger partial charge on any atom is -0.487 e. The third-order valence-corrected chi connectivity index (χ3v) is 5.10. The summed E-state index contributed by atoms with van der Waals surface area (Å²) in [6, 6.07) is 5.58. The SMILES string of the molecule is CC(C)Cc1c(OCC2=NCCC2)cccc1N(C)S(C)(=O)=O. The van der Waals surface area contributed by atoms with Gasteiger partial charge in [-0.3, -0.25) is 9.30 Å². The molecule has 0 saturated carbocycles. The van der Waals surface area contributed by atoms with E-state index in [0.29, 0.717) is 18.2 Å². The number of aliphatic imine (C=N–C) groups is 1. The second-order valence-corrected chi connectivity index (χ2v) is 8.44. The summed E-state index contributed by atoms with van der Waals surface area (Å²) < 4.78 is 31.1. The summed E-state index contributed by atoms with van der Waals surface area (Å²) in [5.41, 5.74) is 2.71. The minimum atomic E-state index is -3.31. The van der Waals surface area contributed by atoms with Gasteiger partial charge in [0.25, 0.3) is 0 Å². The summed E-state index contributed by atoms with van der Waals surface area (Å²) in [4.78, 5) is 4.42. The summed E-state index contributed by atoms with van der Waals surface area (Å²) in [7, 11) is -1.72. The Kier molecular flexibility index (Phi) is 5.68. The van der Waals surface area contributed by atoms with Crippen LogP contribution in [-0.2, 0) is 16.4 Å². The van der Waals surface area contributed by atoms with Crippen molar-refractivity contribution in [1.82, 2.24) is 0 Å². The Balaban J connectivity index is 2.32. The fourth-order valence-corrected chi connectivity index (χ4v) is 3.18. The van der Waals surface area contributed by atoms with Gasteiger partial charge >= 0.3 is 0 Å². The van der Waals surface area contributed by atoms with Crippen molar-refractivity contribution in [3.8, 4) is 5.75 Å². The summed E-state index contributed by atoms with van der Waals surface area (Å²) >= 11 is 0. The third-order valence-electron chi connectivity index (χ3n) is 3.91. The first-order valence-corrected chi connectivity index (χ1v) is 9.84. The molecule has 23 heavy (non-hydrogen) atoms. The van der Waals surface area contributed by atoms with Gasteiger partial charge in [0.05, 0.1) is 11.9 Å². The van der Waals surface area contributed by atoms with Crippen LogP contribution >= 0.6 is 0 Å². The molecule has 5 nitrogen and oxygen atoms in total. The van der Waals surface area contributed by atoms with Crippen LogP contribution < -0.4 is 9.04 Å². The van der Waals surface area contributed by atoms with Crippen LogP contribution in [0.1, 0.15) is 32.3 Å². The van der Waals surface area contributed by atoms with Crippen molar-refractivity contribution in [2.45, 2.75) is 33.1 Å². The lowest BCUT2D eigenvalue weighted by molar-refractivity contribution is 0.369. The van der Waals surface area contributed by atoms with Crippen molar-refractivity contribution in [2.75, 3.05) is 30.8 Å². The fourth-order valence-electron chi connectivity index (χ4n) is 2.65. The molecule has 2 rings (SSSR count). The number of sulfonamides is 1. The smallest absolute Gasteiger partial charge is 0.232 e. The van der Waals surface area contributed by atoms with Crippen molar-refractivity contribution in [2.24, 2.45) is 10.9 Å². The zero-order chi connectivity index (χ0) is 17.0. The molecule has 0 atom stereocenters. The Morgan fingerprint density at radius 1 is 1.35 bits per heavy atom. The largest absolute Gasteiger partial charge is 0.487 e. The quantitative estimate of drug-likeness (QED) is 0.768. The average Bonchev–Trinajstić information content (AvgIpc) is 2.97. The molecule has 128 valence electrons. The minimum absolute atomic E-state index is 0.398. The molecule has 0 aliphatic carbocycles. The second-order valence-electron chi connectivity index (χ2n) is 6.42. The molecule has 0 radical (unpaired) electrons. The van der Waals surface area contributed by atoms with Crippen LogP contribution in [-0.4, -0.2) is 40.6 Å². The van der Waals surface area contributed by atoms with E-state index in [1.54, 1.807) is 7.05 Å². The fraction of sp³-hybridized carbons (Fsp3) is 0.588. The van der Waals surface area contributed by atoms with Gasteiger partial charge in [-0.05, 0) is 37.3 Å². The molecule has 0 N–H and O–H groups in total. The highest BCUT2D eigenvalue weighted by molar-refractivity contribution is 7.92. The maximum atomic E-state index is 11.9. The Morgan fingerprint density at radius 2 is 2.09 bits per heavy atom. The topological polar surface area (TPSA) is 59.0 Å². The Bertz CT molecular complexity index is 681. The lowest BCUT2D eigenvalue weighted by atomic mass is 10.00. The van der Waals surface area contributed by atoms with E-state index in [0.717, 1.165) is 42.8 Å². The number of hydrogen-bond donors (Lipinski definition) is 0. The Labute approximate surface area is 139 Å². The number of nitrogens with zero attached hydrogens (tertiary/aromatic N) is 2. The monoisotopic (exact) mass is 338 g/mol. The zero-order valence-corrected chi connectivity index (χ0v) is 15.2. The van der Waals surface area contributed by atoms with E-state index in [1.807, 2.05) is 18.2 Å². The van der Waals surface area contributed by atoms with Crippen molar-refractivity contribution in [3.63, 3.8) is 0 Å². The number of hydrogen-bond acceptors (Lipinski definition) is 4. The van der Waals surface area contributed by atoms with Crippen molar-refractivity contribution >= 4 is 21.4 Å². The summed E-state index contributed by atoms with van der Waals surface area (Å²) in [6.07, 6.45) is 4.06. The maximum Gasteiger partial charge on any atom is 0.232 e. The van der Waals surface area contributed by atoms with Crippen LogP contribution in [0.5, 0.6) is 5.75 Å². The molecule has 0 spiro atoms. The molecular weight excluding hydrogens is 312 g/mol. The van der Waals surface area contributed by atoms with E-state index < -0.39 is 10.0 Å². The second kappa shape index (κ2) is 7.34. The van der Waals surface area contributed by atoms with Crippen LogP contribution in [0.25, 0.3) is 0 Å². The molecule has 1 aliphatic rings. The first kappa shape index (κ1) is 17.8. The van der Waals surface area contributed by atoms with Gasteiger partial charge in [0.15, 0.2) is 0 Å². The van der Waals surface area contributed by atoms with Crippen LogP contribution in [0.15, 0.2) is 23.2 Å². The van der Waals surface area contributed by atoms with E-state index in [4.69, 9.17) is 4.74 Å². The first-order valence-electron chi connectivity index (χ1n) is 8.00. The summed E-state index contributed by atoms with van der Waals surface area (Å²) in [5.74, 6) is 1.15. The van der Waals surface area contributed by atoms with Crippen LogP contribution in [0.4, 0.5) is 5.69 Å². The average molecular weight is 338 g/mol. The highest BCUT2D eigenvalue weighted by Crippen LogP contribution is 2.32. The first-order chi connectivity index (χ1) is 10.8. The maximum absolute atomic E-state index is 11.9. The molecule has 0 amide bonds. The molecule has 0 unspecified atom stereocenters.